The second-order valence-corrected chi connectivity index (χ2v) is 5.80. The van der Waals surface area contributed by atoms with Crippen LogP contribution in [0.4, 0.5) is 15.8 Å². The Labute approximate surface area is 112 Å². The standard InChI is InChI=1S/C11H18FN3O3S/c1-3-18-11-7-10(9(13)6-8(11)12)15-4-5-19(16,17)14-2/h6-7,14-15H,3-5,13H2,1-2H3. The highest BCUT2D eigenvalue weighted by Gasteiger charge is 2.10. The van der Waals surface area contributed by atoms with Crippen molar-refractivity contribution in [3.63, 3.8) is 0 Å². The molecule has 0 amide bonds. The zero-order valence-electron chi connectivity index (χ0n) is 10.9. The SMILES string of the molecule is CCOc1cc(NCCS(=O)(=O)NC)c(N)cc1F. The molecule has 0 saturated carbocycles. The van der Waals surface area contributed by atoms with E-state index in [0.717, 1.165) is 6.07 Å². The number of nitrogen functional groups attached to an aromatic ring is 1. The van der Waals surface area contributed by atoms with Crippen LogP contribution in [0.5, 0.6) is 5.75 Å². The average molecular weight is 291 g/mol. The minimum absolute atomic E-state index is 0.0793. The van der Waals surface area contributed by atoms with Crippen molar-refractivity contribution < 1.29 is 17.5 Å². The summed E-state index contributed by atoms with van der Waals surface area (Å²) < 4.78 is 43.2. The second-order valence-electron chi connectivity index (χ2n) is 3.75. The molecule has 0 saturated heterocycles. The van der Waals surface area contributed by atoms with Crippen molar-refractivity contribution in [3.8, 4) is 5.75 Å². The first kappa shape index (κ1) is 15.5. The van der Waals surface area contributed by atoms with Crippen LogP contribution in [0.3, 0.4) is 0 Å². The van der Waals surface area contributed by atoms with E-state index in [-0.39, 0.29) is 23.7 Å². The lowest BCUT2D eigenvalue weighted by molar-refractivity contribution is 0.322. The number of benzene rings is 1. The molecule has 0 aromatic heterocycles. The molecule has 0 aliphatic heterocycles. The Morgan fingerprint density at radius 1 is 1.42 bits per heavy atom. The van der Waals surface area contributed by atoms with Crippen LogP contribution < -0.4 is 20.5 Å². The van der Waals surface area contributed by atoms with Gasteiger partial charge in [0.2, 0.25) is 10.0 Å². The third kappa shape index (κ3) is 4.56. The van der Waals surface area contributed by atoms with Crippen molar-refractivity contribution >= 4 is 21.4 Å². The van der Waals surface area contributed by atoms with Crippen molar-refractivity contribution in [1.29, 1.82) is 0 Å². The predicted molar refractivity (Wildman–Crippen MR) is 73.3 cm³/mol. The van der Waals surface area contributed by atoms with E-state index in [1.165, 1.54) is 13.1 Å². The lowest BCUT2D eigenvalue weighted by atomic mass is 10.2. The fourth-order valence-corrected chi connectivity index (χ4v) is 1.99. The van der Waals surface area contributed by atoms with Crippen molar-refractivity contribution in [2.45, 2.75) is 6.92 Å². The summed E-state index contributed by atoms with van der Waals surface area (Å²) in [7, 11) is -1.95. The zero-order chi connectivity index (χ0) is 14.5. The first-order valence-electron chi connectivity index (χ1n) is 5.76. The quantitative estimate of drug-likeness (QED) is 0.645. The summed E-state index contributed by atoms with van der Waals surface area (Å²) >= 11 is 0. The molecular formula is C11H18FN3O3S. The fourth-order valence-electron chi connectivity index (χ4n) is 1.41. The summed E-state index contributed by atoms with van der Waals surface area (Å²) in [5, 5.41) is 2.84. The Bertz CT molecular complexity index is 534. The van der Waals surface area contributed by atoms with Crippen molar-refractivity contribution in [1.82, 2.24) is 4.72 Å². The summed E-state index contributed by atoms with van der Waals surface area (Å²) in [6, 6.07) is 2.56. The van der Waals surface area contributed by atoms with Gasteiger partial charge in [-0.1, -0.05) is 0 Å². The smallest absolute Gasteiger partial charge is 0.213 e. The van der Waals surface area contributed by atoms with E-state index in [1.807, 2.05) is 0 Å². The minimum Gasteiger partial charge on any atom is -0.491 e. The molecular weight excluding hydrogens is 273 g/mol. The molecule has 0 bridgehead atoms. The number of sulfonamides is 1. The molecule has 4 N–H and O–H groups in total. The normalized spacial score (nSPS) is 11.3. The Kier molecular flexibility index (Phi) is 5.37. The van der Waals surface area contributed by atoms with Gasteiger partial charge in [0.05, 0.1) is 23.7 Å². The lowest BCUT2D eigenvalue weighted by Crippen LogP contribution is -2.26. The van der Waals surface area contributed by atoms with Gasteiger partial charge in [-0.05, 0) is 14.0 Å². The molecule has 0 unspecified atom stereocenters. The molecule has 0 aliphatic carbocycles. The van der Waals surface area contributed by atoms with Crippen LogP contribution in [0.15, 0.2) is 12.1 Å². The Morgan fingerprint density at radius 2 is 2.11 bits per heavy atom. The maximum absolute atomic E-state index is 13.4. The van der Waals surface area contributed by atoms with Gasteiger partial charge in [-0.15, -0.1) is 0 Å². The largest absolute Gasteiger partial charge is 0.491 e. The first-order valence-corrected chi connectivity index (χ1v) is 7.41. The Hall–Kier alpha value is -1.54. The van der Waals surface area contributed by atoms with Gasteiger partial charge in [-0.25, -0.2) is 17.5 Å². The van der Waals surface area contributed by atoms with E-state index in [2.05, 4.69) is 10.0 Å². The van der Waals surface area contributed by atoms with Crippen LogP contribution in [0.1, 0.15) is 6.92 Å². The van der Waals surface area contributed by atoms with Crippen LogP contribution >= 0.6 is 0 Å². The number of rotatable bonds is 7. The molecule has 6 nitrogen and oxygen atoms in total. The molecule has 0 fully saturated rings. The summed E-state index contributed by atoms with van der Waals surface area (Å²) in [5.41, 5.74) is 6.28. The van der Waals surface area contributed by atoms with Crippen LogP contribution in [-0.2, 0) is 10.0 Å². The first-order chi connectivity index (χ1) is 8.89. The van der Waals surface area contributed by atoms with Crippen molar-refractivity contribution in [2.24, 2.45) is 0 Å². The maximum Gasteiger partial charge on any atom is 0.213 e. The summed E-state index contributed by atoms with van der Waals surface area (Å²) in [5.74, 6) is -0.576. The molecule has 0 aliphatic rings. The van der Waals surface area contributed by atoms with Gasteiger partial charge in [0.1, 0.15) is 0 Å². The molecule has 0 heterocycles. The number of anilines is 2. The maximum atomic E-state index is 13.4. The molecule has 1 aromatic rings. The highest BCUT2D eigenvalue weighted by Crippen LogP contribution is 2.28. The third-order valence-corrected chi connectivity index (χ3v) is 3.76. The third-order valence-electron chi connectivity index (χ3n) is 2.40. The van der Waals surface area contributed by atoms with Crippen LogP contribution in [0.2, 0.25) is 0 Å². The number of nitrogens with one attached hydrogen (secondary N) is 2. The van der Waals surface area contributed by atoms with Gasteiger partial charge in [0, 0.05) is 18.7 Å². The molecule has 0 atom stereocenters. The monoisotopic (exact) mass is 291 g/mol. The van der Waals surface area contributed by atoms with E-state index < -0.39 is 15.8 Å². The van der Waals surface area contributed by atoms with Crippen LogP contribution in [0.25, 0.3) is 0 Å². The molecule has 19 heavy (non-hydrogen) atoms. The van der Waals surface area contributed by atoms with E-state index in [1.54, 1.807) is 6.92 Å². The Balaban J connectivity index is 2.75. The Morgan fingerprint density at radius 3 is 2.68 bits per heavy atom. The highest BCUT2D eigenvalue weighted by atomic mass is 32.2. The van der Waals surface area contributed by atoms with E-state index >= 15 is 0 Å². The van der Waals surface area contributed by atoms with Gasteiger partial charge in [-0.2, -0.15) is 0 Å². The van der Waals surface area contributed by atoms with Gasteiger partial charge < -0.3 is 15.8 Å². The molecule has 8 heteroatoms. The number of hydrogen-bond donors (Lipinski definition) is 3. The second kappa shape index (κ2) is 6.58. The molecule has 1 rings (SSSR count). The fraction of sp³-hybridized carbons (Fsp3) is 0.455. The summed E-state index contributed by atoms with van der Waals surface area (Å²) in [6.07, 6.45) is 0. The molecule has 0 spiro atoms. The van der Waals surface area contributed by atoms with Gasteiger partial charge in [-0.3, -0.25) is 0 Å². The molecule has 0 radical (unpaired) electrons. The van der Waals surface area contributed by atoms with E-state index in [4.69, 9.17) is 10.5 Å². The van der Waals surface area contributed by atoms with Gasteiger partial charge in [0.25, 0.3) is 0 Å². The number of ether oxygens (including phenoxy) is 1. The molecule has 1 aromatic carbocycles. The topological polar surface area (TPSA) is 93.4 Å². The number of hydrogen-bond acceptors (Lipinski definition) is 5. The van der Waals surface area contributed by atoms with Crippen LogP contribution in [-0.4, -0.2) is 34.4 Å². The average Bonchev–Trinajstić information content (AvgIpc) is 2.35. The zero-order valence-corrected chi connectivity index (χ0v) is 11.7. The van der Waals surface area contributed by atoms with Crippen LogP contribution in [0, 0.1) is 5.82 Å². The predicted octanol–water partition coefficient (Wildman–Crippen LogP) is 0.768. The van der Waals surface area contributed by atoms with Crippen molar-refractivity contribution in [2.75, 3.05) is 37.0 Å². The van der Waals surface area contributed by atoms with Crippen molar-refractivity contribution in [3.05, 3.63) is 17.9 Å². The minimum atomic E-state index is -3.29. The van der Waals surface area contributed by atoms with Gasteiger partial charge >= 0.3 is 0 Å². The lowest BCUT2D eigenvalue weighted by Gasteiger charge is -2.12. The summed E-state index contributed by atoms with van der Waals surface area (Å²) in [6.45, 7) is 2.22. The van der Waals surface area contributed by atoms with E-state index in [0.29, 0.717) is 12.3 Å². The highest BCUT2D eigenvalue weighted by molar-refractivity contribution is 7.89. The molecule has 108 valence electrons. The van der Waals surface area contributed by atoms with Gasteiger partial charge in [0.15, 0.2) is 11.6 Å². The number of nitrogens with two attached hydrogens (primary N) is 1. The summed E-state index contributed by atoms with van der Waals surface area (Å²) in [4.78, 5) is 0. The number of halogens is 1. The van der Waals surface area contributed by atoms with E-state index in [9.17, 15) is 12.8 Å².